The Balaban J connectivity index is 2.06. The number of ether oxygens (including phenoxy) is 1. The van der Waals surface area contributed by atoms with Crippen molar-refractivity contribution in [2.24, 2.45) is 5.73 Å². The molecule has 1 aromatic carbocycles. The highest BCUT2D eigenvalue weighted by atomic mass is 35.5. The van der Waals surface area contributed by atoms with Gasteiger partial charge in [0.2, 0.25) is 0 Å². The fraction of sp³-hybridized carbons (Fsp3) is 0.154. The number of nitrogens with two attached hydrogens (primary N) is 1. The van der Waals surface area contributed by atoms with Gasteiger partial charge in [0.1, 0.15) is 17.5 Å². The average Bonchev–Trinajstić information content (AvgIpc) is 2.38. The highest BCUT2D eigenvalue weighted by Crippen LogP contribution is 2.21. The van der Waals surface area contributed by atoms with E-state index in [1.165, 1.54) is 0 Å². The van der Waals surface area contributed by atoms with Crippen LogP contribution in [-0.2, 0) is 13.2 Å². The Hall–Kier alpha value is -1.29. The Kier molecular flexibility index (Phi) is 4.42. The third-order valence-corrected chi connectivity index (χ3v) is 2.98. The number of aromatic nitrogens is 1. The first-order chi connectivity index (χ1) is 8.69. The summed E-state index contributed by atoms with van der Waals surface area (Å²) >= 11 is 11.8. The van der Waals surface area contributed by atoms with Gasteiger partial charge in [-0.3, -0.25) is 0 Å². The number of halogens is 2. The average molecular weight is 283 g/mol. The highest BCUT2D eigenvalue weighted by Gasteiger charge is 2.03. The van der Waals surface area contributed by atoms with E-state index in [4.69, 9.17) is 33.7 Å². The van der Waals surface area contributed by atoms with Crippen molar-refractivity contribution in [2.75, 3.05) is 0 Å². The molecule has 0 bridgehead atoms. The molecule has 94 valence electrons. The molecule has 18 heavy (non-hydrogen) atoms. The van der Waals surface area contributed by atoms with Gasteiger partial charge in [-0.2, -0.15) is 0 Å². The van der Waals surface area contributed by atoms with Crippen LogP contribution in [0, 0.1) is 0 Å². The van der Waals surface area contributed by atoms with E-state index in [0.717, 1.165) is 16.9 Å². The van der Waals surface area contributed by atoms with Crippen LogP contribution in [0.25, 0.3) is 0 Å². The second-order valence-corrected chi connectivity index (χ2v) is 4.53. The monoisotopic (exact) mass is 282 g/mol. The standard InChI is InChI=1S/C13H12Cl2N2O/c14-12-5-13(15)17-7-10(12)8-18-11-3-1-2-9(4-11)6-16/h1-5,7H,6,8,16H2. The molecule has 0 aliphatic heterocycles. The number of rotatable bonds is 4. The van der Waals surface area contributed by atoms with Crippen molar-refractivity contribution in [1.82, 2.24) is 4.98 Å². The van der Waals surface area contributed by atoms with Crippen LogP contribution in [0.3, 0.4) is 0 Å². The van der Waals surface area contributed by atoms with E-state index < -0.39 is 0 Å². The molecule has 2 rings (SSSR count). The lowest BCUT2D eigenvalue weighted by Crippen LogP contribution is -1.99. The van der Waals surface area contributed by atoms with E-state index in [1.54, 1.807) is 12.3 Å². The maximum atomic E-state index is 6.03. The van der Waals surface area contributed by atoms with Gasteiger partial charge in [0.15, 0.2) is 0 Å². The second-order valence-electron chi connectivity index (χ2n) is 3.74. The third-order valence-electron chi connectivity index (χ3n) is 2.42. The summed E-state index contributed by atoms with van der Waals surface area (Å²) in [5, 5.41) is 0.916. The molecule has 0 atom stereocenters. The van der Waals surface area contributed by atoms with Crippen LogP contribution >= 0.6 is 23.2 Å². The van der Waals surface area contributed by atoms with Crippen LogP contribution in [0.1, 0.15) is 11.1 Å². The molecule has 1 heterocycles. The molecule has 5 heteroatoms. The number of pyridine rings is 1. The van der Waals surface area contributed by atoms with Gasteiger partial charge in [0.05, 0.1) is 5.02 Å². The summed E-state index contributed by atoms with van der Waals surface area (Å²) in [6, 6.07) is 9.22. The van der Waals surface area contributed by atoms with Crippen LogP contribution in [0.5, 0.6) is 5.75 Å². The van der Waals surface area contributed by atoms with Crippen LogP contribution in [0.2, 0.25) is 10.2 Å². The zero-order valence-electron chi connectivity index (χ0n) is 9.57. The van der Waals surface area contributed by atoms with Gasteiger partial charge in [0.25, 0.3) is 0 Å². The van der Waals surface area contributed by atoms with Crippen molar-refractivity contribution in [1.29, 1.82) is 0 Å². The SMILES string of the molecule is NCc1cccc(OCc2cnc(Cl)cc2Cl)c1. The summed E-state index contributed by atoms with van der Waals surface area (Å²) < 4.78 is 5.63. The largest absolute Gasteiger partial charge is 0.489 e. The zero-order valence-corrected chi connectivity index (χ0v) is 11.1. The predicted molar refractivity (Wildman–Crippen MR) is 72.9 cm³/mol. The van der Waals surface area contributed by atoms with Crippen molar-refractivity contribution in [3.63, 3.8) is 0 Å². The van der Waals surface area contributed by atoms with Gasteiger partial charge in [0, 0.05) is 18.3 Å². The van der Waals surface area contributed by atoms with Gasteiger partial charge in [-0.05, 0) is 23.8 Å². The minimum Gasteiger partial charge on any atom is -0.489 e. The van der Waals surface area contributed by atoms with E-state index in [2.05, 4.69) is 4.98 Å². The van der Waals surface area contributed by atoms with E-state index in [9.17, 15) is 0 Å². The van der Waals surface area contributed by atoms with E-state index in [-0.39, 0.29) is 0 Å². The molecule has 0 aliphatic rings. The molecular formula is C13H12Cl2N2O. The van der Waals surface area contributed by atoms with Gasteiger partial charge in [-0.1, -0.05) is 35.3 Å². The maximum Gasteiger partial charge on any atom is 0.130 e. The molecule has 2 aromatic rings. The molecule has 3 nitrogen and oxygen atoms in total. The quantitative estimate of drug-likeness (QED) is 0.874. The lowest BCUT2D eigenvalue weighted by Gasteiger charge is -2.08. The first-order valence-electron chi connectivity index (χ1n) is 5.41. The molecule has 0 amide bonds. The number of nitrogens with zero attached hydrogens (tertiary/aromatic N) is 1. The summed E-state index contributed by atoms with van der Waals surface area (Å²) in [6.45, 7) is 0.831. The Morgan fingerprint density at radius 2 is 2.06 bits per heavy atom. The summed E-state index contributed by atoms with van der Waals surface area (Å²) in [5.74, 6) is 0.754. The molecule has 0 aliphatic carbocycles. The van der Waals surface area contributed by atoms with Crippen LogP contribution in [0.4, 0.5) is 0 Å². The van der Waals surface area contributed by atoms with Gasteiger partial charge in [-0.15, -0.1) is 0 Å². The number of hydrogen-bond acceptors (Lipinski definition) is 3. The Morgan fingerprint density at radius 1 is 1.22 bits per heavy atom. The molecule has 0 saturated carbocycles. The maximum absolute atomic E-state index is 6.03. The van der Waals surface area contributed by atoms with Crippen molar-refractivity contribution < 1.29 is 4.74 Å². The van der Waals surface area contributed by atoms with Crippen molar-refractivity contribution >= 4 is 23.2 Å². The fourth-order valence-corrected chi connectivity index (χ4v) is 1.89. The van der Waals surface area contributed by atoms with Gasteiger partial charge < -0.3 is 10.5 Å². The molecule has 0 saturated heterocycles. The fourth-order valence-electron chi connectivity index (χ4n) is 1.47. The molecule has 2 N–H and O–H groups in total. The topological polar surface area (TPSA) is 48.1 Å². The number of hydrogen-bond donors (Lipinski definition) is 1. The Labute approximate surface area is 115 Å². The smallest absolute Gasteiger partial charge is 0.130 e. The molecular weight excluding hydrogens is 271 g/mol. The van der Waals surface area contributed by atoms with Crippen LogP contribution in [-0.4, -0.2) is 4.98 Å². The normalized spacial score (nSPS) is 10.4. The summed E-state index contributed by atoms with van der Waals surface area (Å²) in [5.41, 5.74) is 7.38. The van der Waals surface area contributed by atoms with Crippen molar-refractivity contribution in [3.8, 4) is 5.75 Å². The minimum atomic E-state index is 0.344. The van der Waals surface area contributed by atoms with Gasteiger partial charge >= 0.3 is 0 Å². The zero-order chi connectivity index (χ0) is 13.0. The Bertz CT molecular complexity index is 546. The molecule has 0 radical (unpaired) electrons. The molecule has 0 spiro atoms. The predicted octanol–water partition coefficient (Wildman–Crippen LogP) is 3.43. The molecule has 0 fully saturated rings. The van der Waals surface area contributed by atoms with Crippen LogP contribution in [0.15, 0.2) is 36.5 Å². The van der Waals surface area contributed by atoms with Crippen LogP contribution < -0.4 is 10.5 Å². The van der Waals surface area contributed by atoms with Crippen molar-refractivity contribution in [2.45, 2.75) is 13.2 Å². The third kappa shape index (κ3) is 3.35. The number of benzene rings is 1. The van der Waals surface area contributed by atoms with E-state index >= 15 is 0 Å². The first-order valence-corrected chi connectivity index (χ1v) is 6.16. The lowest BCUT2D eigenvalue weighted by atomic mass is 10.2. The minimum absolute atomic E-state index is 0.344. The van der Waals surface area contributed by atoms with Gasteiger partial charge in [-0.25, -0.2) is 4.98 Å². The lowest BCUT2D eigenvalue weighted by molar-refractivity contribution is 0.305. The second kappa shape index (κ2) is 6.05. The van der Waals surface area contributed by atoms with E-state index in [0.29, 0.717) is 23.3 Å². The summed E-state index contributed by atoms with van der Waals surface area (Å²) in [7, 11) is 0. The summed E-state index contributed by atoms with van der Waals surface area (Å²) in [4.78, 5) is 3.97. The first kappa shape index (κ1) is 13.1. The highest BCUT2D eigenvalue weighted by molar-refractivity contribution is 6.34. The van der Waals surface area contributed by atoms with Crippen molar-refractivity contribution in [3.05, 3.63) is 57.8 Å². The summed E-state index contributed by atoms with van der Waals surface area (Å²) in [6.07, 6.45) is 1.61. The molecule has 0 unspecified atom stereocenters. The van der Waals surface area contributed by atoms with E-state index in [1.807, 2.05) is 24.3 Å². The molecule has 1 aromatic heterocycles. The Morgan fingerprint density at radius 3 is 2.78 bits per heavy atom.